The SMILES string of the molecule is CC(C)c1nc(C(N)=O)c(Nc2ccc(N3CCN(C)CC3)cc2)nc1Oc1cccc(NC(=O)/C=C/CN2CCOCC2)c1. The summed E-state index contributed by atoms with van der Waals surface area (Å²) < 4.78 is 11.6. The Balaban J connectivity index is 1.30. The summed E-state index contributed by atoms with van der Waals surface area (Å²) in [5.74, 6) is -0.153. The number of anilines is 4. The molecule has 0 unspecified atom stereocenters. The first-order valence-electron chi connectivity index (χ1n) is 15.3. The van der Waals surface area contributed by atoms with Gasteiger partial charge in [0.25, 0.3) is 5.91 Å². The lowest BCUT2D eigenvalue weighted by molar-refractivity contribution is -0.111. The molecule has 0 aliphatic carbocycles. The molecule has 0 atom stereocenters. The van der Waals surface area contributed by atoms with Crippen molar-refractivity contribution in [2.45, 2.75) is 19.8 Å². The summed E-state index contributed by atoms with van der Waals surface area (Å²) in [4.78, 5) is 41.1. The number of primary amides is 1. The predicted octanol–water partition coefficient (Wildman–Crippen LogP) is 3.81. The number of nitrogens with one attached hydrogen (secondary N) is 2. The van der Waals surface area contributed by atoms with Crippen LogP contribution in [0.3, 0.4) is 0 Å². The summed E-state index contributed by atoms with van der Waals surface area (Å²) in [7, 11) is 2.13. The summed E-state index contributed by atoms with van der Waals surface area (Å²) in [5, 5.41) is 6.09. The van der Waals surface area contributed by atoms with Crippen LogP contribution in [0.5, 0.6) is 11.6 Å². The second-order valence-corrected chi connectivity index (χ2v) is 11.5. The van der Waals surface area contributed by atoms with E-state index >= 15 is 0 Å². The molecular formula is C33H42N8O4. The van der Waals surface area contributed by atoms with Crippen LogP contribution in [-0.4, -0.2) is 97.7 Å². The molecule has 0 spiro atoms. The molecule has 2 amide bonds. The van der Waals surface area contributed by atoms with Crippen LogP contribution in [0.2, 0.25) is 0 Å². The van der Waals surface area contributed by atoms with Gasteiger partial charge in [0.2, 0.25) is 11.8 Å². The third-order valence-electron chi connectivity index (χ3n) is 7.72. The van der Waals surface area contributed by atoms with Gasteiger partial charge in [-0.2, -0.15) is 4.98 Å². The lowest BCUT2D eigenvalue weighted by atomic mass is 10.1. The minimum absolute atomic E-state index is 0.0269. The number of amides is 2. The minimum Gasteiger partial charge on any atom is -0.437 e. The van der Waals surface area contributed by atoms with Crippen molar-refractivity contribution in [3.05, 3.63) is 72.1 Å². The smallest absolute Gasteiger partial charge is 0.271 e. The molecule has 2 aromatic carbocycles. The molecule has 0 bridgehead atoms. The van der Waals surface area contributed by atoms with Crippen LogP contribution in [-0.2, 0) is 9.53 Å². The maximum Gasteiger partial charge on any atom is 0.271 e. The van der Waals surface area contributed by atoms with Crippen molar-refractivity contribution in [2.75, 3.05) is 81.6 Å². The van der Waals surface area contributed by atoms with E-state index in [4.69, 9.17) is 15.2 Å². The van der Waals surface area contributed by atoms with Crippen molar-refractivity contribution in [3.63, 3.8) is 0 Å². The van der Waals surface area contributed by atoms with Crippen molar-refractivity contribution >= 4 is 34.7 Å². The van der Waals surface area contributed by atoms with E-state index in [0.29, 0.717) is 36.9 Å². The van der Waals surface area contributed by atoms with E-state index in [0.717, 1.165) is 50.6 Å². The van der Waals surface area contributed by atoms with Gasteiger partial charge in [-0.3, -0.25) is 14.5 Å². The van der Waals surface area contributed by atoms with Gasteiger partial charge in [-0.1, -0.05) is 26.0 Å². The Hall–Kier alpha value is -4.52. The van der Waals surface area contributed by atoms with Gasteiger partial charge in [0.15, 0.2) is 11.5 Å². The Morgan fingerprint density at radius 2 is 1.73 bits per heavy atom. The molecule has 3 aromatic rings. The second kappa shape index (κ2) is 15.0. The third kappa shape index (κ3) is 8.78. The van der Waals surface area contributed by atoms with Crippen molar-refractivity contribution in [1.82, 2.24) is 19.8 Å². The van der Waals surface area contributed by atoms with Crippen LogP contribution in [0.4, 0.5) is 22.9 Å². The number of hydrogen-bond donors (Lipinski definition) is 3. The Labute approximate surface area is 264 Å². The number of carbonyl (C=O) groups is 2. The molecular weight excluding hydrogens is 572 g/mol. The molecule has 238 valence electrons. The highest BCUT2D eigenvalue weighted by Crippen LogP contribution is 2.32. The number of aromatic nitrogens is 2. The largest absolute Gasteiger partial charge is 0.437 e. The molecule has 2 saturated heterocycles. The highest BCUT2D eigenvalue weighted by Gasteiger charge is 2.22. The quantitative estimate of drug-likeness (QED) is 0.273. The molecule has 2 fully saturated rings. The number of carbonyl (C=O) groups excluding carboxylic acids is 2. The predicted molar refractivity (Wildman–Crippen MR) is 176 cm³/mol. The van der Waals surface area contributed by atoms with Crippen LogP contribution in [0.1, 0.15) is 35.9 Å². The van der Waals surface area contributed by atoms with Crippen LogP contribution in [0, 0.1) is 0 Å². The van der Waals surface area contributed by atoms with E-state index in [1.54, 1.807) is 24.3 Å². The number of morpholine rings is 1. The monoisotopic (exact) mass is 614 g/mol. The molecule has 5 rings (SSSR count). The maximum absolute atomic E-state index is 12.5. The first-order valence-corrected chi connectivity index (χ1v) is 15.3. The topological polar surface area (TPSA) is 138 Å². The van der Waals surface area contributed by atoms with E-state index in [9.17, 15) is 9.59 Å². The third-order valence-corrected chi connectivity index (χ3v) is 7.72. The van der Waals surface area contributed by atoms with Gasteiger partial charge in [0.1, 0.15) is 11.4 Å². The zero-order valence-corrected chi connectivity index (χ0v) is 26.2. The normalized spacial score (nSPS) is 16.2. The average Bonchev–Trinajstić information content (AvgIpc) is 3.02. The fourth-order valence-corrected chi connectivity index (χ4v) is 5.13. The molecule has 12 heteroatoms. The van der Waals surface area contributed by atoms with E-state index in [1.807, 2.05) is 44.2 Å². The van der Waals surface area contributed by atoms with Gasteiger partial charge in [-0.15, -0.1) is 0 Å². The van der Waals surface area contributed by atoms with Crippen molar-refractivity contribution in [2.24, 2.45) is 5.73 Å². The maximum atomic E-state index is 12.5. The van der Waals surface area contributed by atoms with E-state index < -0.39 is 5.91 Å². The van der Waals surface area contributed by atoms with Crippen LogP contribution in [0.25, 0.3) is 0 Å². The van der Waals surface area contributed by atoms with Crippen molar-refractivity contribution in [1.29, 1.82) is 0 Å². The summed E-state index contributed by atoms with van der Waals surface area (Å²) in [5.41, 5.74) is 8.68. The van der Waals surface area contributed by atoms with Gasteiger partial charge in [0, 0.05) is 80.9 Å². The number of nitrogens with two attached hydrogens (primary N) is 1. The van der Waals surface area contributed by atoms with Gasteiger partial charge in [-0.25, -0.2) is 4.98 Å². The minimum atomic E-state index is -0.695. The van der Waals surface area contributed by atoms with Crippen molar-refractivity contribution in [3.8, 4) is 11.6 Å². The molecule has 45 heavy (non-hydrogen) atoms. The summed E-state index contributed by atoms with van der Waals surface area (Å²) in [6.45, 7) is 11.7. The van der Waals surface area contributed by atoms with Crippen LogP contribution >= 0.6 is 0 Å². The summed E-state index contributed by atoms with van der Waals surface area (Å²) >= 11 is 0. The Kier molecular flexibility index (Phi) is 10.6. The number of likely N-dealkylation sites (N-methyl/N-ethyl adjacent to an activating group) is 1. The first kappa shape index (κ1) is 31.9. The van der Waals surface area contributed by atoms with Gasteiger partial charge >= 0.3 is 0 Å². The molecule has 0 saturated carbocycles. The number of rotatable bonds is 11. The number of ether oxygens (including phenoxy) is 2. The standard InChI is InChI=1S/C33H42N8O4/c1-23(2)29-33(45-27-7-4-6-25(22-27)35-28(42)8-5-13-40-18-20-44-21-19-40)38-32(30(37-29)31(34)43)36-24-9-11-26(12-10-24)41-16-14-39(3)15-17-41/h4-12,22-23H,13-21H2,1-3H3,(H2,34,43)(H,35,42)(H,36,38)/b8-5+. The fourth-order valence-electron chi connectivity index (χ4n) is 5.13. The second-order valence-electron chi connectivity index (χ2n) is 11.5. The van der Waals surface area contributed by atoms with E-state index in [1.165, 1.54) is 6.08 Å². The van der Waals surface area contributed by atoms with E-state index in [2.05, 4.69) is 42.3 Å². The summed E-state index contributed by atoms with van der Waals surface area (Å²) in [6, 6.07) is 15.0. The highest BCUT2D eigenvalue weighted by atomic mass is 16.5. The fraction of sp³-hybridized carbons (Fsp3) is 0.394. The van der Waals surface area contributed by atoms with Crippen molar-refractivity contribution < 1.29 is 19.1 Å². The molecule has 3 heterocycles. The highest BCUT2D eigenvalue weighted by molar-refractivity contribution is 5.99. The van der Waals surface area contributed by atoms with Crippen LogP contribution < -0.4 is 26.0 Å². The molecule has 1 aromatic heterocycles. The summed E-state index contributed by atoms with van der Waals surface area (Å²) in [6.07, 6.45) is 3.38. The van der Waals surface area contributed by atoms with Gasteiger partial charge in [-0.05, 0) is 43.4 Å². The Bertz CT molecular complexity index is 1500. The number of hydrogen-bond acceptors (Lipinski definition) is 10. The average molecular weight is 615 g/mol. The van der Waals surface area contributed by atoms with E-state index in [-0.39, 0.29) is 29.2 Å². The Morgan fingerprint density at radius 3 is 2.42 bits per heavy atom. The Morgan fingerprint density at radius 1 is 1.00 bits per heavy atom. The lowest BCUT2D eigenvalue weighted by Crippen LogP contribution is -2.44. The molecule has 2 aliphatic heterocycles. The molecule has 0 radical (unpaired) electrons. The van der Waals surface area contributed by atoms with Crippen LogP contribution in [0.15, 0.2) is 60.7 Å². The number of piperazine rings is 1. The van der Waals surface area contributed by atoms with Gasteiger partial charge in [0.05, 0.1) is 13.2 Å². The van der Waals surface area contributed by atoms with Gasteiger partial charge < -0.3 is 35.6 Å². The number of benzene rings is 2. The zero-order valence-electron chi connectivity index (χ0n) is 26.2. The first-order chi connectivity index (χ1) is 21.7. The number of nitrogens with zero attached hydrogens (tertiary/aromatic N) is 5. The lowest BCUT2D eigenvalue weighted by Gasteiger charge is -2.34. The zero-order chi connectivity index (χ0) is 31.8. The molecule has 2 aliphatic rings. The molecule has 4 N–H and O–H groups in total. The molecule has 12 nitrogen and oxygen atoms in total.